The van der Waals surface area contributed by atoms with Gasteiger partial charge in [-0.1, -0.05) is 33.1 Å². The Balaban J connectivity index is 1.92. The summed E-state index contributed by atoms with van der Waals surface area (Å²) in [4.78, 5) is 12.4. The van der Waals surface area contributed by atoms with E-state index in [0.29, 0.717) is 16.7 Å². The van der Waals surface area contributed by atoms with Crippen LogP contribution in [0, 0.1) is 10.7 Å². The molecule has 0 aliphatic heterocycles. The predicted octanol–water partition coefficient (Wildman–Crippen LogP) is 3.37. The number of rotatable bonds is 8. The molecular formula is C16H28N4OS. The van der Waals surface area contributed by atoms with Crippen molar-refractivity contribution in [1.82, 2.24) is 20.1 Å². The van der Waals surface area contributed by atoms with Crippen LogP contribution in [-0.2, 0) is 17.8 Å². The number of H-pyrrole nitrogens is 1. The average molecular weight is 324 g/mol. The molecule has 0 radical (unpaired) electrons. The number of hydrogen-bond acceptors (Lipinski definition) is 3. The van der Waals surface area contributed by atoms with Crippen molar-refractivity contribution >= 4 is 18.1 Å². The number of nitrogens with one attached hydrogen (secondary N) is 2. The fourth-order valence-corrected chi connectivity index (χ4v) is 3.58. The van der Waals surface area contributed by atoms with Crippen LogP contribution in [-0.4, -0.2) is 26.7 Å². The van der Waals surface area contributed by atoms with Gasteiger partial charge in [-0.15, -0.1) is 0 Å². The zero-order valence-corrected chi connectivity index (χ0v) is 14.5. The third kappa shape index (κ3) is 4.41. The molecule has 1 aliphatic carbocycles. The number of amides is 1. The SMILES string of the molecule is CCCCC1CCCC1NC(=O)Cn1c(CCC)n[nH]c1=S. The smallest absolute Gasteiger partial charge is 0.240 e. The zero-order valence-electron chi connectivity index (χ0n) is 13.7. The second kappa shape index (κ2) is 8.46. The van der Waals surface area contributed by atoms with Crippen LogP contribution in [0.15, 0.2) is 0 Å². The van der Waals surface area contributed by atoms with Crippen LogP contribution in [0.2, 0.25) is 0 Å². The molecule has 2 atom stereocenters. The van der Waals surface area contributed by atoms with Crippen molar-refractivity contribution in [3.8, 4) is 0 Å². The third-order valence-electron chi connectivity index (χ3n) is 4.55. The van der Waals surface area contributed by atoms with E-state index >= 15 is 0 Å². The lowest BCUT2D eigenvalue weighted by Crippen LogP contribution is -2.39. The minimum Gasteiger partial charge on any atom is -0.352 e. The summed E-state index contributed by atoms with van der Waals surface area (Å²) in [6, 6.07) is 0.342. The van der Waals surface area contributed by atoms with Crippen LogP contribution < -0.4 is 5.32 Å². The Morgan fingerprint density at radius 2 is 2.23 bits per heavy atom. The van der Waals surface area contributed by atoms with Crippen LogP contribution in [0.1, 0.15) is 64.6 Å². The molecule has 1 aliphatic rings. The maximum Gasteiger partial charge on any atom is 0.240 e. The van der Waals surface area contributed by atoms with Crippen molar-refractivity contribution in [2.75, 3.05) is 0 Å². The Morgan fingerprint density at radius 1 is 1.41 bits per heavy atom. The lowest BCUT2D eigenvalue weighted by molar-refractivity contribution is -0.122. The average Bonchev–Trinajstić information content (AvgIpc) is 3.06. The summed E-state index contributed by atoms with van der Waals surface area (Å²) in [6.07, 6.45) is 9.12. The third-order valence-corrected chi connectivity index (χ3v) is 4.86. The highest BCUT2D eigenvalue weighted by atomic mass is 32.1. The van der Waals surface area contributed by atoms with E-state index in [-0.39, 0.29) is 12.5 Å². The molecule has 0 bridgehead atoms. The highest BCUT2D eigenvalue weighted by molar-refractivity contribution is 7.71. The second-order valence-electron chi connectivity index (χ2n) is 6.29. The van der Waals surface area contributed by atoms with Gasteiger partial charge in [0.15, 0.2) is 4.77 Å². The number of unbranched alkanes of at least 4 members (excludes halogenated alkanes) is 1. The lowest BCUT2D eigenvalue weighted by atomic mass is 9.97. The van der Waals surface area contributed by atoms with E-state index in [1.165, 1.54) is 32.1 Å². The molecule has 1 heterocycles. The molecule has 6 heteroatoms. The first kappa shape index (κ1) is 17.2. The molecule has 0 spiro atoms. The van der Waals surface area contributed by atoms with E-state index < -0.39 is 0 Å². The Kier molecular flexibility index (Phi) is 6.61. The number of nitrogens with zero attached hydrogens (tertiary/aromatic N) is 2. The normalized spacial score (nSPS) is 21.2. The van der Waals surface area contributed by atoms with Crippen molar-refractivity contribution in [1.29, 1.82) is 0 Å². The topological polar surface area (TPSA) is 62.7 Å². The molecule has 0 aromatic carbocycles. The summed E-state index contributed by atoms with van der Waals surface area (Å²) in [7, 11) is 0. The molecule has 2 unspecified atom stereocenters. The summed E-state index contributed by atoms with van der Waals surface area (Å²) in [5.74, 6) is 1.58. The summed E-state index contributed by atoms with van der Waals surface area (Å²) in [5.41, 5.74) is 0. The largest absolute Gasteiger partial charge is 0.352 e. The van der Waals surface area contributed by atoms with Crippen LogP contribution in [0.25, 0.3) is 0 Å². The van der Waals surface area contributed by atoms with Gasteiger partial charge in [0.25, 0.3) is 0 Å². The first-order chi connectivity index (χ1) is 10.7. The van der Waals surface area contributed by atoms with E-state index in [1.807, 2.05) is 4.57 Å². The van der Waals surface area contributed by atoms with Crippen molar-refractivity contribution < 1.29 is 4.79 Å². The summed E-state index contributed by atoms with van der Waals surface area (Å²) >= 11 is 5.23. The molecule has 1 amide bonds. The zero-order chi connectivity index (χ0) is 15.9. The van der Waals surface area contributed by atoms with Gasteiger partial charge < -0.3 is 5.32 Å². The molecule has 1 aromatic rings. The number of hydrogen-bond donors (Lipinski definition) is 2. The first-order valence-corrected chi connectivity index (χ1v) is 9.00. The number of carbonyl (C=O) groups is 1. The van der Waals surface area contributed by atoms with E-state index in [2.05, 4.69) is 29.4 Å². The van der Waals surface area contributed by atoms with Crippen molar-refractivity contribution in [2.24, 2.45) is 5.92 Å². The molecule has 5 nitrogen and oxygen atoms in total. The van der Waals surface area contributed by atoms with Gasteiger partial charge in [-0.2, -0.15) is 5.10 Å². The number of aromatic amines is 1. The molecule has 2 rings (SSSR count). The maximum atomic E-state index is 12.4. The molecule has 0 saturated heterocycles. The quantitative estimate of drug-likeness (QED) is 0.721. The minimum atomic E-state index is 0.0586. The molecule has 124 valence electrons. The fourth-order valence-electron chi connectivity index (χ4n) is 3.36. The summed E-state index contributed by atoms with van der Waals surface area (Å²) in [6.45, 7) is 4.60. The fraction of sp³-hybridized carbons (Fsp3) is 0.812. The molecule has 1 saturated carbocycles. The summed E-state index contributed by atoms with van der Waals surface area (Å²) in [5, 5.41) is 10.2. The minimum absolute atomic E-state index is 0.0586. The van der Waals surface area contributed by atoms with Crippen molar-refractivity contribution in [3.05, 3.63) is 10.6 Å². The molecule has 1 aromatic heterocycles. The predicted molar refractivity (Wildman–Crippen MR) is 90.2 cm³/mol. The van der Waals surface area contributed by atoms with Gasteiger partial charge in [0, 0.05) is 12.5 Å². The molecule has 2 N–H and O–H groups in total. The number of aryl methyl sites for hydroxylation is 1. The monoisotopic (exact) mass is 324 g/mol. The van der Waals surface area contributed by atoms with Crippen LogP contribution in [0.3, 0.4) is 0 Å². The highest BCUT2D eigenvalue weighted by Gasteiger charge is 2.28. The molecule has 1 fully saturated rings. The van der Waals surface area contributed by atoms with Crippen LogP contribution >= 0.6 is 12.2 Å². The lowest BCUT2D eigenvalue weighted by Gasteiger charge is -2.21. The van der Waals surface area contributed by atoms with E-state index in [4.69, 9.17) is 12.2 Å². The van der Waals surface area contributed by atoms with Crippen molar-refractivity contribution in [3.63, 3.8) is 0 Å². The van der Waals surface area contributed by atoms with Crippen LogP contribution in [0.5, 0.6) is 0 Å². The van der Waals surface area contributed by atoms with E-state index in [0.717, 1.165) is 25.1 Å². The molecule has 22 heavy (non-hydrogen) atoms. The standard InChI is InChI=1S/C16H28N4OS/c1-3-5-8-12-9-6-10-13(12)17-15(21)11-20-14(7-4-2)18-19-16(20)22/h12-13H,3-11H2,1-2H3,(H,17,21)(H,19,22). The van der Waals surface area contributed by atoms with Gasteiger partial charge in [0.05, 0.1) is 0 Å². The maximum absolute atomic E-state index is 12.4. The Morgan fingerprint density at radius 3 is 2.95 bits per heavy atom. The van der Waals surface area contributed by atoms with Crippen molar-refractivity contribution in [2.45, 2.75) is 77.8 Å². The van der Waals surface area contributed by atoms with Gasteiger partial charge in [-0.25, -0.2) is 0 Å². The Bertz CT molecular complexity index is 536. The van der Waals surface area contributed by atoms with Gasteiger partial charge >= 0.3 is 0 Å². The highest BCUT2D eigenvalue weighted by Crippen LogP contribution is 2.29. The van der Waals surface area contributed by atoms with Gasteiger partial charge in [-0.05, 0) is 43.8 Å². The van der Waals surface area contributed by atoms with E-state index in [1.54, 1.807) is 0 Å². The van der Waals surface area contributed by atoms with Gasteiger partial charge in [-0.3, -0.25) is 14.5 Å². The Labute approximate surface area is 137 Å². The van der Waals surface area contributed by atoms with Gasteiger partial charge in [0.1, 0.15) is 12.4 Å². The second-order valence-corrected chi connectivity index (χ2v) is 6.68. The number of aromatic nitrogens is 3. The van der Waals surface area contributed by atoms with Crippen LogP contribution in [0.4, 0.5) is 0 Å². The van der Waals surface area contributed by atoms with Gasteiger partial charge in [0.2, 0.25) is 5.91 Å². The number of carbonyl (C=O) groups excluding carboxylic acids is 1. The van der Waals surface area contributed by atoms with E-state index in [9.17, 15) is 4.79 Å². The first-order valence-electron chi connectivity index (χ1n) is 8.59. The molecular weight excluding hydrogens is 296 g/mol. The Hall–Kier alpha value is -1.17. The summed E-state index contributed by atoms with van der Waals surface area (Å²) < 4.78 is 2.36.